The lowest BCUT2D eigenvalue weighted by Crippen LogP contribution is -2.67. The van der Waals surface area contributed by atoms with E-state index in [0.29, 0.717) is 29.6 Å². The summed E-state index contributed by atoms with van der Waals surface area (Å²) in [4.78, 5) is 11.5. The summed E-state index contributed by atoms with van der Waals surface area (Å²) in [6.07, 6.45) is 9.45. The van der Waals surface area contributed by atoms with E-state index in [-0.39, 0.29) is 18.5 Å². The fourth-order valence-corrected chi connectivity index (χ4v) is 9.55. The minimum absolute atomic E-state index is 0.255. The van der Waals surface area contributed by atoms with Gasteiger partial charge in [-0.25, -0.2) is 4.39 Å². The Kier molecular flexibility index (Phi) is 7.02. The van der Waals surface area contributed by atoms with E-state index in [1.165, 1.54) is 45.4 Å². The maximum Gasteiger partial charge on any atom is 0.302 e. The zero-order chi connectivity index (χ0) is 24.2. The molecule has 33 heavy (non-hydrogen) atoms. The lowest BCUT2D eigenvalue weighted by molar-refractivity contribution is -0.252. The van der Waals surface area contributed by atoms with E-state index in [1.54, 1.807) is 0 Å². The van der Waals surface area contributed by atoms with Crippen molar-refractivity contribution < 1.29 is 19.0 Å². The average molecular weight is 465 g/mol. The van der Waals surface area contributed by atoms with Gasteiger partial charge in [-0.1, -0.05) is 53.9 Å². The predicted molar refractivity (Wildman–Crippen MR) is 130 cm³/mol. The molecule has 4 saturated carbocycles. The van der Waals surface area contributed by atoms with E-state index in [9.17, 15) is 9.90 Å². The molecule has 190 valence electrons. The third-order valence-corrected chi connectivity index (χ3v) is 11.3. The molecular weight excluding hydrogens is 415 g/mol. The summed E-state index contributed by atoms with van der Waals surface area (Å²) in [6, 6.07) is 0. The zero-order valence-corrected chi connectivity index (χ0v) is 22.0. The number of halogens is 1. The van der Waals surface area contributed by atoms with Crippen molar-refractivity contribution in [2.24, 2.45) is 46.3 Å². The first kappa shape index (κ1) is 25.5. The van der Waals surface area contributed by atoms with Gasteiger partial charge in [0.1, 0.15) is 17.9 Å². The number of rotatable bonds is 6. The molecular formula is C29H49FO3. The number of carbonyl (C=O) groups is 1. The third-order valence-electron chi connectivity index (χ3n) is 11.3. The van der Waals surface area contributed by atoms with E-state index < -0.39 is 17.2 Å². The van der Waals surface area contributed by atoms with Crippen LogP contribution in [0.3, 0.4) is 0 Å². The van der Waals surface area contributed by atoms with Gasteiger partial charge in [0.05, 0.1) is 0 Å². The molecule has 4 aliphatic rings. The molecule has 0 saturated heterocycles. The SMILES string of the molecule is CC(=O)OC1CCC2(C)C3CCC4(C)C(CCC4[C@H](C)CCCC(C)C)C3CC(F)[C@@]2(O)C1. The van der Waals surface area contributed by atoms with Crippen molar-refractivity contribution in [3.05, 3.63) is 0 Å². The van der Waals surface area contributed by atoms with Crippen molar-refractivity contribution in [2.75, 3.05) is 0 Å². The number of alkyl halides is 1. The topological polar surface area (TPSA) is 46.5 Å². The normalized spacial score (nSPS) is 48.0. The summed E-state index contributed by atoms with van der Waals surface area (Å²) in [5, 5.41) is 11.8. The molecule has 10 atom stereocenters. The molecule has 4 heteroatoms. The van der Waals surface area contributed by atoms with Gasteiger partial charge < -0.3 is 9.84 Å². The third kappa shape index (κ3) is 4.19. The van der Waals surface area contributed by atoms with Crippen LogP contribution in [0.5, 0.6) is 0 Å². The van der Waals surface area contributed by atoms with Crippen LogP contribution in [-0.4, -0.2) is 29.0 Å². The lowest BCUT2D eigenvalue weighted by Gasteiger charge is -2.65. The van der Waals surface area contributed by atoms with Crippen molar-refractivity contribution in [3.8, 4) is 0 Å². The van der Waals surface area contributed by atoms with Gasteiger partial charge in [0, 0.05) is 18.8 Å². The van der Waals surface area contributed by atoms with Gasteiger partial charge in [-0.15, -0.1) is 0 Å². The number of fused-ring (bicyclic) bond motifs is 5. The maximum absolute atomic E-state index is 15.9. The summed E-state index contributed by atoms with van der Waals surface area (Å²) >= 11 is 0. The first-order valence-electron chi connectivity index (χ1n) is 14.0. The van der Waals surface area contributed by atoms with Gasteiger partial charge in [0.2, 0.25) is 0 Å². The fraction of sp³-hybridized carbons (Fsp3) is 0.966. The van der Waals surface area contributed by atoms with E-state index in [4.69, 9.17) is 4.74 Å². The minimum atomic E-state index is -1.37. The Hall–Kier alpha value is -0.640. The van der Waals surface area contributed by atoms with Crippen LogP contribution in [0.15, 0.2) is 0 Å². The number of carbonyl (C=O) groups excluding carboxylic acids is 1. The molecule has 3 nitrogen and oxygen atoms in total. The molecule has 0 bridgehead atoms. The molecule has 0 aromatic heterocycles. The quantitative estimate of drug-likeness (QED) is 0.426. The number of hydrogen-bond acceptors (Lipinski definition) is 3. The van der Waals surface area contributed by atoms with Crippen LogP contribution in [0.1, 0.15) is 112 Å². The van der Waals surface area contributed by atoms with E-state index in [1.807, 2.05) is 0 Å². The molecule has 4 fully saturated rings. The number of esters is 1. The highest BCUT2D eigenvalue weighted by Crippen LogP contribution is 2.69. The van der Waals surface area contributed by atoms with Crippen molar-refractivity contribution in [3.63, 3.8) is 0 Å². The highest BCUT2D eigenvalue weighted by atomic mass is 19.1. The summed E-state index contributed by atoms with van der Waals surface area (Å²) in [5.41, 5.74) is -1.48. The Balaban J connectivity index is 1.51. The Morgan fingerprint density at radius 3 is 2.45 bits per heavy atom. The van der Waals surface area contributed by atoms with Crippen LogP contribution in [0.2, 0.25) is 0 Å². The molecule has 8 unspecified atom stereocenters. The van der Waals surface area contributed by atoms with Gasteiger partial charge in [-0.2, -0.15) is 0 Å². The fourth-order valence-electron chi connectivity index (χ4n) is 9.55. The van der Waals surface area contributed by atoms with E-state index in [2.05, 4.69) is 34.6 Å². The maximum atomic E-state index is 15.9. The first-order chi connectivity index (χ1) is 15.4. The van der Waals surface area contributed by atoms with Gasteiger partial charge in [0.15, 0.2) is 0 Å². The van der Waals surface area contributed by atoms with E-state index in [0.717, 1.165) is 37.0 Å². The summed E-state index contributed by atoms with van der Waals surface area (Å²) in [5.74, 6) is 3.28. The second kappa shape index (κ2) is 9.10. The van der Waals surface area contributed by atoms with Crippen molar-refractivity contribution >= 4 is 5.97 Å². The lowest BCUT2D eigenvalue weighted by atomic mass is 9.42. The van der Waals surface area contributed by atoms with Crippen LogP contribution in [-0.2, 0) is 9.53 Å². The zero-order valence-electron chi connectivity index (χ0n) is 22.0. The highest BCUT2D eigenvalue weighted by molar-refractivity contribution is 5.66. The summed E-state index contributed by atoms with van der Waals surface area (Å²) in [7, 11) is 0. The molecule has 0 aromatic carbocycles. The number of hydrogen-bond donors (Lipinski definition) is 1. The molecule has 0 aromatic rings. The molecule has 0 amide bonds. The predicted octanol–water partition coefficient (Wildman–Crippen LogP) is 7.10. The van der Waals surface area contributed by atoms with Gasteiger partial charge in [-0.3, -0.25) is 4.79 Å². The molecule has 4 aliphatic carbocycles. The molecule has 1 N–H and O–H groups in total. The highest BCUT2D eigenvalue weighted by Gasteiger charge is 2.68. The Labute approximate surface area is 201 Å². The van der Waals surface area contributed by atoms with Crippen LogP contribution in [0.4, 0.5) is 4.39 Å². The van der Waals surface area contributed by atoms with Crippen molar-refractivity contribution in [2.45, 2.75) is 130 Å². The molecule has 0 aliphatic heterocycles. The molecule has 4 rings (SSSR count). The van der Waals surface area contributed by atoms with Gasteiger partial charge in [-0.05, 0) is 85.9 Å². The second-order valence-electron chi connectivity index (χ2n) is 13.4. The number of ether oxygens (including phenoxy) is 1. The summed E-state index contributed by atoms with van der Waals surface area (Å²) in [6.45, 7) is 13.2. The minimum Gasteiger partial charge on any atom is -0.462 e. The first-order valence-corrected chi connectivity index (χ1v) is 14.0. The van der Waals surface area contributed by atoms with Crippen LogP contribution in [0.25, 0.3) is 0 Å². The smallest absolute Gasteiger partial charge is 0.302 e. The van der Waals surface area contributed by atoms with Crippen LogP contribution >= 0.6 is 0 Å². The van der Waals surface area contributed by atoms with Crippen molar-refractivity contribution in [1.82, 2.24) is 0 Å². The van der Waals surface area contributed by atoms with E-state index >= 15 is 4.39 Å². The second-order valence-corrected chi connectivity index (χ2v) is 13.4. The molecule has 0 heterocycles. The average Bonchev–Trinajstić information content (AvgIpc) is 3.07. The Morgan fingerprint density at radius 1 is 1.06 bits per heavy atom. The van der Waals surface area contributed by atoms with Gasteiger partial charge in [0.25, 0.3) is 0 Å². The van der Waals surface area contributed by atoms with Crippen LogP contribution in [0, 0.1) is 46.3 Å². The standard InChI is InChI=1S/C29H49FO3/c1-18(2)8-7-9-19(3)23-10-11-24-22-16-26(30)29(32)17-21(33-20(4)31)12-15-28(29,6)25(22)13-14-27(23,24)5/h18-19,21-26,32H,7-17H2,1-6H3/t19-,21?,22?,23?,24?,25?,26?,27?,28?,29+/m1/s1. The molecule has 0 radical (unpaired) electrons. The van der Waals surface area contributed by atoms with Crippen molar-refractivity contribution in [1.29, 1.82) is 0 Å². The van der Waals surface area contributed by atoms with Gasteiger partial charge >= 0.3 is 5.97 Å². The molecule has 0 spiro atoms. The number of aliphatic hydroxyl groups is 1. The monoisotopic (exact) mass is 464 g/mol. The summed E-state index contributed by atoms with van der Waals surface area (Å²) < 4.78 is 21.4. The van der Waals surface area contributed by atoms with Crippen LogP contribution < -0.4 is 0 Å². The largest absolute Gasteiger partial charge is 0.462 e. The Morgan fingerprint density at radius 2 is 1.79 bits per heavy atom. The Bertz CT molecular complexity index is 724.